The largest absolute Gasteiger partial charge is 0.481 e. The monoisotopic (exact) mass is 441 g/mol. The third kappa shape index (κ3) is 3.90. The lowest BCUT2D eigenvalue weighted by atomic mass is 10.1. The van der Waals surface area contributed by atoms with Crippen molar-refractivity contribution >= 4 is 34.5 Å². The lowest BCUT2D eigenvalue weighted by molar-refractivity contribution is 0.197. The van der Waals surface area contributed by atoms with E-state index in [0.717, 1.165) is 17.6 Å². The highest BCUT2D eigenvalue weighted by Crippen LogP contribution is 2.29. The summed E-state index contributed by atoms with van der Waals surface area (Å²) < 4.78 is 12.1. The number of piperazine rings is 1. The smallest absolute Gasteiger partial charge is 0.322 e. The zero-order valence-corrected chi connectivity index (χ0v) is 18.6. The fourth-order valence-electron chi connectivity index (χ4n) is 3.89. The summed E-state index contributed by atoms with van der Waals surface area (Å²) in [5, 5.41) is 8.02. The van der Waals surface area contributed by atoms with Gasteiger partial charge in [0.2, 0.25) is 17.7 Å². The Morgan fingerprint density at radius 2 is 2.03 bits per heavy atom. The van der Waals surface area contributed by atoms with Crippen LogP contribution in [0.25, 0.3) is 11.0 Å². The highest BCUT2D eigenvalue weighted by molar-refractivity contribution is 5.91. The van der Waals surface area contributed by atoms with Gasteiger partial charge in [0.25, 0.3) is 0 Å². The third-order valence-corrected chi connectivity index (χ3v) is 5.58. The molecule has 0 radical (unpaired) electrons. The summed E-state index contributed by atoms with van der Waals surface area (Å²) in [4.78, 5) is 30.0. The van der Waals surface area contributed by atoms with E-state index in [9.17, 15) is 4.79 Å². The van der Waals surface area contributed by atoms with Crippen molar-refractivity contribution in [2.24, 2.45) is 7.05 Å². The lowest BCUT2D eigenvalue weighted by Crippen LogP contribution is -2.56. The number of hydrogen-bond acceptors (Lipinski definition) is 9. The number of urea groups is 1. The van der Waals surface area contributed by atoms with Crippen LogP contribution in [0, 0.1) is 0 Å². The van der Waals surface area contributed by atoms with E-state index in [2.05, 4.69) is 37.2 Å². The van der Waals surface area contributed by atoms with Crippen LogP contribution in [-0.4, -0.2) is 75.6 Å². The molecule has 0 spiro atoms. The first-order valence-corrected chi connectivity index (χ1v) is 10.3. The van der Waals surface area contributed by atoms with Crippen molar-refractivity contribution in [3.63, 3.8) is 0 Å². The molecule has 0 bridgehead atoms. The predicted molar refractivity (Wildman–Crippen MR) is 120 cm³/mol. The second-order valence-corrected chi connectivity index (χ2v) is 7.45. The maximum Gasteiger partial charge on any atom is 0.322 e. The number of carbonyl (C=O) groups is 1. The van der Waals surface area contributed by atoms with Crippen LogP contribution in [-0.2, 0) is 7.05 Å². The van der Waals surface area contributed by atoms with Crippen LogP contribution >= 0.6 is 0 Å². The van der Waals surface area contributed by atoms with E-state index in [4.69, 9.17) is 15.2 Å². The first-order chi connectivity index (χ1) is 15.4. The standard InChI is InChI=1S/C20H27N9O3/c1-5-12-11-28(20(30)23-14-6-7-15(31-3)24-18(14)32-4)8-9-29(12)17-13-10-22-27(2)16(13)25-19(21)26-17/h6-7,10,12H,5,8-9,11H2,1-4H3,(H,23,30)(H2,21,25,26)/t12-/m0/s1. The Morgan fingerprint density at radius 3 is 2.75 bits per heavy atom. The van der Waals surface area contributed by atoms with Crippen molar-refractivity contribution in [1.29, 1.82) is 0 Å². The number of rotatable bonds is 5. The number of nitrogens with two attached hydrogens (primary N) is 1. The van der Waals surface area contributed by atoms with Gasteiger partial charge in [0, 0.05) is 38.8 Å². The number of pyridine rings is 1. The number of amides is 2. The number of anilines is 3. The summed E-state index contributed by atoms with van der Waals surface area (Å²) in [6.07, 6.45) is 2.57. The second-order valence-electron chi connectivity index (χ2n) is 7.45. The van der Waals surface area contributed by atoms with Gasteiger partial charge in [-0.3, -0.25) is 4.68 Å². The van der Waals surface area contributed by atoms with Gasteiger partial charge >= 0.3 is 6.03 Å². The number of hydrogen-bond donors (Lipinski definition) is 2. The zero-order valence-electron chi connectivity index (χ0n) is 18.6. The summed E-state index contributed by atoms with van der Waals surface area (Å²) in [6, 6.07) is 3.22. The number of ether oxygens (including phenoxy) is 2. The van der Waals surface area contributed by atoms with Gasteiger partial charge in [-0.2, -0.15) is 20.1 Å². The Kier molecular flexibility index (Phi) is 5.84. The Balaban J connectivity index is 1.53. The molecule has 0 aromatic carbocycles. The summed E-state index contributed by atoms with van der Waals surface area (Å²) in [6.45, 7) is 3.73. The fraction of sp³-hybridized carbons (Fsp3) is 0.450. The molecule has 1 fully saturated rings. The Morgan fingerprint density at radius 1 is 1.22 bits per heavy atom. The normalized spacial score (nSPS) is 16.3. The van der Waals surface area contributed by atoms with Crippen LogP contribution in [0.15, 0.2) is 18.3 Å². The maximum atomic E-state index is 13.0. The molecule has 3 N–H and O–H groups in total. The predicted octanol–water partition coefficient (Wildman–Crippen LogP) is 1.49. The van der Waals surface area contributed by atoms with Gasteiger partial charge in [0.05, 0.1) is 25.8 Å². The molecule has 12 nitrogen and oxygen atoms in total. The second kappa shape index (κ2) is 8.73. The number of nitrogens with zero attached hydrogens (tertiary/aromatic N) is 7. The van der Waals surface area contributed by atoms with E-state index < -0.39 is 0 Å². The first kappa shape index (κ1) is 21.4. The lowest BCUT2D eigenvalue weighted by Gasteiger charge is -2.42. The number of nitrogens with one attached hydrogen (secondary N) is 1. The molecule has 0 aliphatic carbocycles. The first-order valence-electron chi connectivity index (χ1n) is 10.3. The van der Waals surface area contributed by atoms with Gasteiger partial charge in [0.1, 0.15) is 11.5 Å². The summed E-state index contributed by atoms with van der Waals surface area (Å²) in [7, 11) is 4.84. The number of methoxy groups -OCH3 is 2. The molecule has 32 heavy (non-hydrogen) atoms. The van der Waals surface area contributed by atoms with Crippen molar-refractivity contribution in [3.8, 4) is 11.8 Å². The highest BCUT2D eigenvalue weighted by atomic mass is 16.5. The van der Waals surface area contributed by atoms with Crippen LogP contribution in [0.4, 0.5) is 22.2 Å². The molecule has 1 saturated heterocycles. The summed E-state index contributed by atoms with van der Waals surface area (Å²) in [5.41, 5.74) is 7.13. The molecule has 170 valence electrons. The van der Waals surface area contributed by atoms with Crippen LogP contribution in [0.1, 0.15) is 13.3 Å². The Bertz CT molecular complexity index is 1130. The molecule has 3 aromatic heterocycles. The van der Waals surface area contributed by atoms with Crippen molar-refractivity contribution in [2.45, 2.75) is 19.4 Å². The minimum Gasteiger partial charge on any atom is -0.481 e. The molecule has 3 aromatic rings. The van der Waals surface area contributed by atoms with E-state index in [1.807, 2.05) is 7.05 Å². The number of aryl methyl sites for hydroxylation is 1. The topological polar surface area (TPSA) is 137 Å². The number of fused-ring (bicyclic) bond motifs is 1. The van der Waals surface area contributed by atoms with Gasteiger partial charge in [-0.25, -0.2) is 4.79 Å². The average Bonchev–Trinajstić information content (AvgIpc) is 3.18. The number of aromatic nitrogens is 5. The number of nitrogen functional groups attached to an aromatic ring is 1. The van der Waals surface area contributed by atoms with Crippen LogP contribution < -0.4 is 25.4 Å². The van der Waals surface area contributed by atoms with Crippen LogP contribution in [0.5, 0.6) is 11.8 Å². The maximum absolute atomic E-state index is 13.0. The van der Waals surface area contributed by atoms with Gasteiger partial charge in [-0.15, -0.1) is 0 Å². The molecular formula is C20H27N9O3. The van der Waals surface area contributed by atoms with Crippen molar-refractivity contribution in [2.75, 3.05) is 49.8 Å². The van der Waals surface area contributed by atoms with E-state index in [0.29, 0.717) is 42.7 Å². The average molecular weight is 441 g/mol. The van der Waals surface area contributed by atoms with Gasteiger partial charge in [-0.05, 0) is 12.5 Å². The Labute approximate surface area is 185 Å². The quantitative estimate of drug-likeness (QED) is 0.603. The summed E-state index contributed by atoms with van der Waals surface area (Å²) >= 11 is 0. The van der Waals surface area contributed by atoms with E-state index >= 15 is 0 Å². The minimum atomic E-state index is -0.220. The van der Waals surface area contributed by atoms with Gasteiger partial charge in [-0.1, -0.05) is 6.92 Å². The minimum absolute atomic E-state index is 0.0584. The molecule has 12 heteroatoms. The van der Waals surface area contributed by atoms with Crippen LogP contribution in [0.2, 0.25) is 0 Å². The molecule has 1 aliphatic heterocycles. The molecule has 1 aliphatic rings. The van der Waals surface area contributed by atoms with Crippen LogP contribution in [0.3, 0.4) is 0 Å². The molecule has 4 rings (SSSR count). The molecule has 0 saturated carbocycles. The van der Waals surface area contributed by atoms with E-state index in [1.165, 1.54) is 14.2 Å². The zero-order chi connectivity index (χ0) is 22.8. The van der Waals surface area contributed by atoms with Crippen molar-refractivity contribution in [1.82, 2.24) is 29.6 Å². The molecule has 0 unspecified atom stereocenters. The van der Waals surface area contributed by atoms with Crippen molar-refractivity contribution < 1.29 is 14.3 Å². The van der Waals surface area contributed by atoms with E-state index in [-0.39, 0.29) is 18.0 Å². The highest BCUT2D eigenvalue weighted by Gasteiger charge is 2.31. The molecule has 4 heterocycles. The number of carbonyl (C=O) groups excluding carboxylic acids is 1. The molecular weight excluding hydrogens is 414 g/mol. The fourth-order valence-corrected chi connectivity index (χ4v) is 3.89. The Hall–Kier alpha value is -3.83. The van der Waals surface area contributed by atoms with Crippen molar-refractivity contribution in [3.05, 3.63) is 18.3 Å². The van der Waals surface area contributed by atoms with Gasteiger partial charge in [0.15, 0.2) is 5.65 Å². The third-order valence-electron chi connectivity index (χ3n) is 5.58. The molecule has 1 atom stereocenters. The van der Waals surface area contributed by atoms with E-state index in [1.54, 1.807) is 27.9 Å². The van der Waals surface area contributed by atoms with Gasteiger partial charge < -0.3 is 30.3 Å². The molecule has 2 amide bonds. The summed E-state index contributed by atoms with van der Waals surface area (Å²) in [5.74, 6) is 1.64. The SMILES string of the molecule is CC[C@H]1CN(C(=O)Nc2ccc(OC)nc2OC)CCN1c1nc(N)nc2c1cnn2C.